The molecule has 1 unspecified atom stereocenters. The summed E-state index contributed by atoms with van der Waals surface area (Å²) in [4.78, 5) is 30.6. The molecule has 4 rings (SSSR count). The van der Waals surface area contributed by atoms with Crippen molar-refractivity contribution in [2.75, 3.05) is 20.3 Å². The van der Waals surface area contributed by atoms with Crippen LogP contribution in [0.15, 0.2) is 48.9 Å². The molecule has 190 valence electrons. The molecule has 0 aliphatic heterocycles. The molecule has 1 aliphatic carbocycles. The standard InChI is InChI=1S/C26H30N4O5S/c1-3-35-26-16-27-15-23(30-26)19-6-4-18(5-7-19)14-24(31)21(11-13-34-2)22-10-12-28-25(29-22)17-36(32,33)20-8-9-20/h4-7,10,12,15-16,20-21H,3,8-9,11,13-14,17H2,1-2H3. The Balaban J connectivity index is 1.48. The zero-order chi connectivity index (χ0) is 25.5. The first-order valence-electron chi connectivity index (χ1n) is 12.0. The van der Waals surface area contributed by atoms with E-state index in [-0.39, 0.29) is 29.0 Å². The topological polar surface area (TPSA) is 121 Å². The molecule has 0 radical (unpaired) electrons. The average Bonchev–Trinajstić information content (AvgIpc) is 3.72. The number of hydrogen-bond acceptors (Lipinski definition) is 9. The highest BCUT2D eigenvalue weighted by atomic mass is 32.2. The molecule has 10 heteroatoms. The fraction of sp³-hybridized carbons (Fsp3) is 0.423. The van der Waals surface area contributed by atoms with Gasteiger partial charge in [-0.2, -0.15) is 0 Å². The Kier molecular flexibility index (Phi) is 8.37. The molecular formula is C26H30N4O5S. The number of aromatic nitrogens is 4. The molecule has 1 atom stereocenters. The predicted molar refractivity (Wildman–Crippen MR) is 134 cm³/mol. The van der Waals surface area contributed by atoms with E-state index in [1.165, 1.54) is 6.20 Å². The summed E-state index contributed by atoms with van der Waals surface area (Å²) < 4.78 is 35.4. The smallest absolute Gasteiger partial charge is 0.232 e. The second-order valence-corrected chi connectivity index (χ2v) is 11.0. The van der Waals surface area contributed by atoms with Gasteiger partial charge in [-0.1, -0.05) is 24.3 Å². The summed E-state index contributed by atoms with van der Waals surface area (Å²) in [6, 6.07) is 9.27. The highest BCUT2D eigenvalue weighted by molar-refractivity contribution is 7.91. The molecule has 1 aliphatic rings. The Hall–Kier alpha value is -3.24. The lowest BCUT2D eigenvalue weighted by Gasteiger charge is -2.16. The summed E-state index contributed by atoms with van der Waals surface area (Å²) in [6.07, 6.45) is 6.80. The molecule has 0 saturated heterocycles. The highest BCUT2D eigenvalue weighted by Crippen LogP contribution is 2.30. The third kappa shape index (κ3) is 6.70. The number of nitrogens with zero attached hydrogens (tertiary/aromatic N) is 4. The number of Topliss-reactive ketones (excluding diaryl/α,β-unsaturated/α-hetero) is 1. The van der Waals surface area contributed by atoms with Crippen molar-refractivity contribution in [3.8, 4) is 17.1 Å². The minimum absolute atomic E-state index is 0.0207. The maximum absolute atomic E-state index is 13.3. The van der Waals surface area contributed by atoms with Crippen LogP contribution in [-0.2, 0) is 31.5 Å². The molecule has 0 N–H and O–H groups in total. The second-order valence-electron chi connectivity index (χ2n) is 8.75. The number of rotatable bonds is 13. The van der Waals surface area contributed by atoms with E-state index in [0.717, 1.165) is 11.1 Å². The van der Waals surface area contributed by atoms with E-state index < -0.39 is 15.8 Å². The van der Waals surface area contributed by atoms with Gasteiger partial charge in [0.2, 0.25) is 5.88 Å². The van der Waals surface area contributed by atoms with Crippen LogP contribution in [0.3, 0.4) is 0 Å². The molecule has 2 heterocycles. The molecular weight excluding hydrogens is 480 g/mol. The van der Waals surface area contributed by atoms with Gasteiger partial charge < -0.3 is 9.47 Å². The first-order chi connectivity index (χ1) is 17.4. The lowest BCUT2D eigenvalue weighted by atomic mass is 9.91. The van der Waals surface area contributed by atoms with Crippen molar-refractivity contribution in [1.29, 1.82) is 0 Å². The molecule has 1 aromatic carbocycles. The van der Waals surface area contributed by atoms with Crippen molar-refractivity contribution < 1.29 is 22.7 Å². The minimum atomic E-state index is -3.25. The molecule has 0 bridgehead atoms. The zero-order valence-electron chi connectivity index (χ0n) is 20.5. The Morgan fingerprint density at radius 1 is 1.11 bits per heavy atom. The van der Waals surface area contributed by atoms with Crippen LogP contribution >= 0.6 is 0 Å². The van der Waals surface area contributed by atoms with Crippen molar-refractivity contribution in [2.24, 2.45) is 0 Å². The number of ketones is 1. The van der Waals surface area contributed by atoms with Crippen LogP contribution in [-0.4, -0.2) is 59.7 Å². The van der Waals surface area contributed by atoms with Crippen LogP contribution in [0.4, 0.5) is 0 Å². The minimum Gasteiger partial charge on any atom is -0.477 e. The molecule has 36 heavy (non-hydrogen) atoms. The van der Waals surface area contributed by atoms with E-state index in [2.05, 4.69) is 19.9 Å². The Labute approximate surface area is 211 Å². The summed E-state index contributed by atoms with van der Waals surface area (Å²) in [5.41, 5.74) is 2.93. The number of sulfone groups is 1. The van der Waals surface area contributed by atoms with E-state index in [1.807, 2.05) is 31.2 Å². The van der Waals surface area contributed by atoms with Gasteiger partial charge in [0.05, 0.1) is 41.6 Å². The fourth-order valence-electron chi connectivity index (χ4n) is 3.94. The monoisotopic (exact) mass is 510 g/mol. The predicted octanol–water partition coefficient (Wildman–Crippen LogP) is 3.34. The number of carbonyl (C=O) groups is 1. The first kappa shape index (κ1) is 25.8. The van der Waals surface area contributed by atoms with Crippen LogP contribution < -0.4 is 4.74 Å². The van der Waals surface area contributed by atoms with Crippen LogP contribution in [0.2, 0.25) is 0 Å². The van der Waals surface area contributed by atoms with E-state index in [9.17, 15) is 13.2 Å². The van der Waals surface area contributed by atoms with Crippen molar-refractivity contribution in [3.63, 3.8) is 0 Å². The average molecular weight is 511 g/mol. The molecule has 0 spiro atoms. The number of ether oxygens (including phenoxy) is 2. The van der Waals surface area contributed by atoms with Gasteiger partial charge in [-0.15, -0.1) is 0 Å². The van der Waals surface area contributed by atoms with Gasteiger partial charge in [-0.05, 0) is 37.8 Å². The first-order valence-corrected chi connectivity index (χ1v) is 13.7. The fourth-order valence-corrected chi connectivity index (χ4v) is 5.52. The van der Waals surface area contributed by atoms with Crippen LogP contribution in [0.5, 0.6) is 5.88 Å². The quantitative estimate of drug-likeness (QED) is 0.341. The van der Waals surface area contributed by atoms with Crippen LogP contribution in [0.1, 0.15) is 49.2 Å². The molecule has 1 fully saturated rings. The number of hydrogen-bond donors (Lipinski definition) is 0. The second kappa shape index (κ2) is 11.7. The maximum Gasteiger partial charge on any atom is 0.232 e. The van der Waals surface area contributed by atoms with Gasteiger partial charge >= 0.3 is 0 Å². The van der Waals surface area contributed by atoms with Crippen molar-refractivity contribution >= 4 is 15.6 Å². The summed E-state index contributed by atoms with van der Waals surface area (Å²) in [5.74, 6) is -0.0546. The normalized spacial score (nSPS) is 14.4. The lowest BCUT2D eigenvalue weighted by Crippen LogP contribution is -2.20. The summed E-state index contributed by atoms with van der Waals surface area (Å²) in [6.45, 7) is 2.77. The Morgan fingerprint density at radius 3 is 2.58 bits per heavy atom. The van der Waals surface area contributed by atoms with E-state index in [1.54, 1.807) is 25.6 Å². The van der Waals surface area contributed by atoms with E-state index >= 15 is 0 Å². The van der Waals surface area contributed by atoms with Gasteiger partial charge in [0.1, 0.15) is 17.4 Å². The molecule has 0 amide bonds. The lowest BCUT2D eigenvalue weighted by molar-refractivity contribution is -0.120. The summed E-state index contributed by atoms with van der Waals surface area (Å²) in [5, 5.41) is -0.286. The van der Waals surface area contributed by atoms with Gasteiger partial charge in [0, 0.05) is 31.9 Å². The largest absolute Gasteiger partial charge is 0.477 e. The number of benzene rings is 1. The number of carbonyl (C=O) groups excluding carboxylic acids is 1. The summed E-state index contributed by atoms with van der Waals surface area (Å²) in [7, 11) is -1.67. The molecule has 1 saturated carbocycles. The van der Waals surface area contributed by atoms with Gasteiger partial charge in [0.15, 0.2) is 9.84 Å². The SMILES string of the molecule is CCOc1cncc(-c2ccc(CC(=O)C(CCOC)c3ccnc(CS(=O)(=O)C4CC4)n3)cc2)n1. The van der Waals surface area contributed by atoms with E-state index in [0.29, 0.717) is 49.7 Å². The summed E-state index contributed by atoms with van der Waals surface area (Å²) >= 11 is 0. The Bertz CT molecular complexity index is 1290. The van der Waals surface area contributed by atoms with Gasteiger partial charge in [0.25, 0.3) is 0 Å². The van der Waals surface area contributed by atoms with Gasteiger partial charge in [-0.25, -0.2) is 23.4 Å². The highest BCUT2D eigenvalue weighted by Gasteiger charge is 2.36. The van der Waals surface area contributed by atoms with Gasteiger partial charge in [-0.3, -0.25) is 9.78 Å². The van der Waals surface area contributed by atoms with Crippen molar-refractivity contribution in [3.05, 3.63) is 66.0 Å². The van der Waals surface area contributed by atoms with Crippen molar-refractivity contribution in [1.82, 2.24) is 19.9 Å². The molecule has 2 aromatic heterocycles. The molecule has 9 nitrogen and oxygen atoms in total. The Morgan fingerprint density at radius 2 is 1.89 bits per heavy atom. The third-order valence-corrected chi connectivity index (χ3v) is 8.13. The van der Waals surface area contributed by atoms with Crippen molar-refractivity contribution in [2.45, 2.75) is 49.5 Å². The van der Waals surface area contributed by atoms with Crippen LogP contribution in [0, 0.1) is 0 Å². The third-order valence-electron chi connectivity index (χ3n) is 5.98. The maximum atomic E-state index is 13.3. The molecule has 3 aromatic rings. The number of methoxy groups -OCH3 is 1. The van der Waals surface area contributed by atoms with E-state index in [4.69, 9.17) is 9.47 Å². The van der Waals surface area contributed by atoms with Crippen LogP contribution in [0.25, 0.3) is 11.3 Å². The zero-order valence-corrected chi connectivity index (χ0v) is 21.3.